The Labute approximate surface area is 137 Å². The van der Waals surface area contributed by atoms with Gasteiger partial charge in [0.05, 0.1) is 5.52 Å². The van der Waals surface area contributed by atoms with Gasteiger partial charge in [0.15, 0.2) is 5.82 Å². The normalized spacial score (nSPS) is 11.0. The molecule has 0 unspecified atom stereocenters. The molecular weight excluding hydrogens is 302 g/mol. The second-order valence-electron chi connectivity index (χ2n) is 5.57. The molecule has 0 spiro atoms. The second-order valence-corrected chi connectivity index (χ2v) is 5.57. The van der Waals surface area contributed by atoms with Crippen molar-refractivity contribution >= 4 is 22.5 Å². The van der Waals surface area contributed by atoms with Crippen LogP contribution >= 0.6 is 0 Å². The van der Waals surface area contributed by atoms with Gasteiger partial charge in [-0.25, -0.2) is 4.98 Å². The lowest BCUT2D eigenvalue weighted by Gasteiger charge is -2.09. The number of nitrogen functional groups attached to an aromatic ring is 2. The summed E-state index contributed by atoms with van der Waals surface area (Å²) in [5, 5.41) is 17.7. The van der Waals surface area contributed by atoms with Gasteiger partial charge in [0.2, 0.25) is 0 Å². The largest absolute Gasteiger partial charge is 0.508 e. The molecular formula is C18H15N5O. The van der Waals surface area contributed by atoms with Crippen LogP contribution in [0.15, 0.2) is 54.7 Å². The van der Waals surface area contributed by atoms with Crippen LogP contribution in [0.1, 0.15) is 0 Å². The van der Waals surface area contributed by atoms with E-state index in [0.717, 1.165) is 33.2 Å². The molecule has 6 N–H and O–H groups in total. The zero-order chi connectivity index (χ0) is 16.7. The maximum Gasteiger partial charge on any atom is 0.153 e. The molecule has 6 nitrogen and oxygen atoms in total. The monoisotopic (exact) mass is 317 g/mol. The molecule has 2 aromatic heterocycles. The number of hydrogen-bond donors (Lipinski definition) is 4. The minimum absolute atomic E-state index is 0.201. The van der Waals surface area contributed by atoms with Gasteiger partial charge in [-0.1, -0.05) is 12.1 Å². The van der Waals surface area contributed by atoms with Gasteiger partial charge in [-0.15, -0.1) is 0 Å². The number of nitrogens with one attached hydrogen (secondary N) is 1. The number of anilines is 2. The average molecular weight is 317 g/mol. The van der Waals surface area contributed by atoms with E-state index in [-0.39, 0.29) is 5.75 Å². The Morgan fingerprint density at radius 2 is 1.79 bits per heavy atom. The summed E-state index contributed by atoms with van der Waals surface area (Å²) >= 11 is 0. The Bertz CT molecular complexity index is 1050. The molecule has 0 amide bonds. The second kappa shape index (κ2) is 5.27. The Morgan fingerprint density at radius 3 is 2.58 bits per heavy atom. The summed E-state index contributed by atoms with van der Waals surface area (Å²) in [5.41, 5.74) is 16.3. The van der Waals surface area contributed by atoms with Gasteiger partial charge in [-0.05, 0) is 53.1 Å². The molecule has 0 aliphatic rings. The highest BCUT2D eigenvalue weighted by Gasteiger charge is 2.13. The first-order chi connectivity index (χ1) is 11.6. The Morgan fingerprint density at radius 1 is 0.917 bits per heavy atom. The standard InChI is InChI=1S/C18H15N5O/c19-16-9-10(4-5-21-16)12-7-14(11-2-1-3-13(24)6-11)17-15(8-12)18(20)23-22-17/h1-9,24H,(H2,19,21)(H3,20,22,23). The zero-order valence-corrected chi connectivity index (χ0v) is 12.7. The molecule has 0 bridgehead atoms. The van der Waals surface area contributed by atoms with Crippen molar-refractivity contribution in [3.63, 3.8) is 0 Å². The Hall–Kier alpha value is -3.54. The number of rotatable bonds is 2. The van der Waals surface area contributed by atoms with E-state index >= 15 is 0 Å². The predicted molar refractivity (Wildman–Crippen MR) is 95.3 cm³/mol. The molecule has 4 aromatic rings. The van der Waals surface area contributed by atoms with E-state index in [1.54, 1.807) is 24.4 Å². The first kappa shape index (κ1) is 14.1. The number of nitrogens with two attached hydrogens (primary N) is 2. The lowest BCUT2D eigenvalue weighted by Crippen LogP contribution is -1.91. The van der Waals surface area contributed by atoms with Gasteiger partial charge in [-0.2, -0.15) is 5.10 Å². The summed E-state index contributed by atoms with van der Waals surface area (Å²) in [6.07, 6.45) is 1.67. The van der Waals surface area contributed by atoms with Crippen molar-refractivity contribution in [1.29, 1.82) is 0 Å². The number of nitrogens with zero attached hydrogens (tertiary/aromatic N) is 2. The number of phenolic OH excluding ortho intramolecular Hbond substituents is 1. The number of fused-ring (bicyclic) bond motifs is 1. The average Bonchev–Trinajstić information content (AvgIpc) is 2.95. The lowest BCUT2D eigenvalue weighted by atomic mass is 9.96. The summed E-state index contributed by atoms with van der Waals surface area (Å²) in [5.74, 6) is 1.08. The molecule has 0 atom stereocenters. The molecule has 4 rings (SSSR count). The van der Waals surface area contributed by atoms with E-state index in [4.69, 9.17) is 11.5 Å². The maximum absolute atomic E-state index is 9.80. The maximum atomic E-state index is 9.80. The van der Waals surface area contributed by atoms with Crippen LogP contribution in [-0.2, 0) is 0 Å². The number of hydrogen-bond acceptors (Lipinski definition) is 5. The fraction of sp³-hybridized carbons (Fsp3) is 0. The van der Waals surface area contributed by atoms with Crippen molar-refractivity contribution in [1.82, 2.24) is 15.2 Å². The molecule has 2 aromatic carbocycles. The van der Waals surface area contributed by atoms with Crippen LogP contribution < -0.4 is 11.5 Å². The van der Waals surface area contributed by atoms with Crippen LogP contribution in [-0.4, -0.2) is 20.3 Å². The highest BCUT2D eigenvalue weighted by molar-refractivity contribution is 6.02. The van der Waals surface area contributed by atoms with Gasteiger partial charge in [0, 0.05) is 17.1 Å². The molecule has 0 radical (unpaired) electrons. The third-order valence-corrected chi connectivity index (χ3v) is 3.97. The van der Waals surface area contributed by atoms with Crippen LogP contribution in [0.4, 0.5) is 11.6 Å². The van der Waals surface area contributed by atoms with Gasteiger partial charge in [-0.3, -0.25) is 5.10 Å². The fourth-order valence-corrected chi connectivity index (χ4v) is 2.84. The molecule has 0 aliphatic heterocycles. The fourth-order valence-electron chi connectivity index (χ4n) is 2.84. The summed E-state index contributed by atoms with van der Waals surface area (Å²) in [6.45, 7) is 0. The summed E-state index contributed by atoms with van der Waals surface area (Å²) in [4.78, 5) is 4.03. The third kappa shape index (κ3) is 2.30. The Kier molecular flexibility index (Phi) is 3.09. The molecule has 0 saturated heterocycles. The molecule has 0 saturated carbocycles. The zero-order valence-electron chi connectivity index (χ0n) is 12.7. The number of pyridine rings is 1. The third-order valence-electron chi connectivity index (χ3n) is 3.97. The van der Waals surface area contributed by atoms with Crippen molar-refractivity contribution in [3.05, 3.63) is 54.7 Å². The first-order valence-corrected chi connectivity index (χ1v) is 7.41. The SMILES string of the molecule is Nc1cc(-c2cc(-c3cccc(O)c3)c3[nH]nc(N)c3c2)ccn1. The van der Waals surface area contributed by atoms with Crippen molar-refractivity contribution in [2.24, 2.45) is 0 Å². The van der Waals surface area contributed by atoms with E-state index in [9.17, 15) is 5.11 Å². The number of aromatic amines is 1. The number of aromatic hydroxyl groups is 1. The molecule has 6 heteroatoms. The molecule has 24 heavy (non-hydrogen) atoms. The van der Waals surface area contributed by atoms with Crippen LogP contribution in [0.2, 0.25) is 0 Å². The van der Waals surface area contributed by atoms with Crippen molar-refractivity contribution in [3.8, 4) is 28.0 Å². The van der Waals surface area contributed by atoms with Gasteiger partial charge in [0.25, 0.3) is 0 Å². The van der Waals surface area contributed by atoms with E-state index < -0.39 is 0 Å². The number of aromatic nitrogens is 3. The van der Waals surface area contributed by atoms with E-state index in [1.807, 2.05) is 30.3 Å². The van der Waals surface area contributed by atoms with Gasteiger partial charge in [0.1, 0.15) is 11.6 Å². The van der Waals surface area contributed by atoms with Crippen LogP contribution in [0.25, 0.3) is 33.2 Å². The highest BCUT2D eigenvalue weighted by atomic mass is 16.3. The summed E-state index contributed by atoms with van der Waals surface area (Å²) in [6, 6.07) is 14.7. The number of benzene rings is 2. The smallest absolute Gasteiger partial charge is 0.153 e. The molecule has 118 valence electrons. The van der Waals surface area contributed by atoms with Crippen LogP contribution in [0.3, 0.4) is 0 Å². The first-order valence-electron chi connectivity index (χ1n) is 7.41. The minimum Gasteiger partial charge on any atom is -0.508 e. The minimum atomic E-state index is 0.201. The summed E-state index contributed by atoms with van der Waals surface area (Å²) < 4.78 is 0. The number of H-pyrrole nitrogens is 1. The van der Waals surface area contributed by atoms with Crippen LogP contribution in [0.5, 0.6) is 5.75 Å². The number of phenols is 1. The topological polar surface area (TPSA) is 114 Å². The predicted octanol–water partition coefficient (Wildman–Crippen LogP) is 3.16. The summed E-state index contributed by atoms with van der Waals surface area (Å²) in [7, 11) is 0. The van der Waals surface area contributed by atoms with Gasteiger partial charge < -0.3 is 16.6 Å². The lowest BCUT2D eigenvalue weighted by molar-refractivity contribution is 0.475. The van der Waals surface area contributed by atoms with E-state index in [0.29, 0.717) is 11.6 Å². The quantitative estimate of drug-likeness (QED) is 0.453. The Balaban J connectivity index is 2.02. The molecule has 0 fully saturated rings. The van der Waals surface area contributed by atoms with Crippen molar-refractivity contribution < 1.29 is 5.11 Å². The molecule has 2 heterocycles. The van der Waals surface area contributed by atoms with Crippen LogP contribution in [0, 0.1) is 0 Å². The van der Waals surface area contributed by atoms with E-state index in [1.165, 1.54) is 0 Å². The van der Waals surface area contributed by atoms with Crippen molar-refractivity contribution in [2.75, 3.05) is 11.5 Å². The van der Waals surface area contributed by atoms with Gasteiger partial charge >= 0.3 is 0 Å². The highest BCUT2D eigenvalue weighted by Crippen LogP contribution is 2.36. The molecule has 0 aliphatic carbocycles. The van der Waals surface area contributed by atoms with Crippen molar-refractivity contribution in [2.45, 2.75) is 0 Å². The van der Waals surface area contributed by atoms with E-state index in [2.05, 4.69) is 15.2 Å².